The first-order valence-corrected chi connectivity index (χ1v) is 3.65. The quantitative estimate of drug-likeness (QED) is 0.632. The highest BCUT2D eigenvalue weighted by atomic mass is 35.5. The summed E-state index contributed by atoms with van der Waals surface area (Å²) >= 11 is 4.51. The van der Waals surface area contributed by atoms with Gasteiger partial charge >= 0.3 is 5.38 Å². The van der Waals surface area contributed by atoms with Crippen molar-refractivity contribution in [2.75, 3.05) is 0 Å². The molecule has 0 aliphatic rings. The second-order valence-electron chi connectivity index (χ2n) is 2.31. The number of rotatable bonds is 2. The van der Waals surface area contributed by atoms with Crippen LogP contribution in [0, 0.1) is 0 Å². The minimum atomic E-state index is -3.83. The average molecular weight is 195 g/mol. The topological polar surface area (TPSA) is 0 Å². The van der Waals surface area contributed by atoms with E-state index in [1.807, 2.05) is 0 Å². The van der Waals surface area contributed by atoms with Gasteiger partial charge in [0.2, 0.25) is 6.17 Å². The van der Waals surface area contributed by atoms with Crippen LogP contribution < -0.4 is 0 Å². The highest BCUT2D eigenvalue weighted by Crippen LogP contribution is 2.37. The van der Waals surface area contributed by atoms with Gasteiger partial charge in [0, 0.05) is 0 Å². The van der Waals surface area contributed by atoms with Crippen molar-refractivity contribution in [3.63, 3.8) is 0 Å². The number of halogens is 4. The second-order valence-corrected chi connectivity index (χ2v) is 2.82. The SMILES string of the molecule is FC(c1ccccc1)C(F)(F)Cl. The Bertz CT molecular complexity index is 242. The fourth-order valence-corrected chi connectivity index (χ4v) is 0.937. The van der Waals surface area contributed by atoms with E-state index in [0.29, 0.717) is 0 Å². The molecule has 12 heavy (non-hydrogen) atoms. The number of alkyl halides is 4. The summed E-state index contributed by atoms with van der Waals surface area (Å²) in [7, 11) is 0. The van der Waals surface area contributed by atoms with E-state index in [1.165, 1.54) is 24.3 Å². The van der Waals surface area contributed by atoms with Crippen LogP contribution in [-0.2, 0) is 0 Å². The molecule has 0 aliphatic heterocycles. The molecular weight excluding hydrogens is 189 g/mol. The largest absolute Gasteiger partial charge is 0.356 e. The molecule has 0 spiro atoms. The maximum atomic E-state index is 12.8. The van der Waals surface area contributed by atoms with Gasteiger partial charge in [0.05, 0.1) is 0 Å². The van der Waals surface area contributed by atoms with Crippen molar-refractivity contribution in [2.24, 2.45) is 0 Å². The molecule has 1 aromatic carbocycles. The van der Waals surface area contributed by atoms with Crippen molar-refractivity contribution >= 4 is 11.6 Å². The van der Waals surface area contributed by atoms with E-state index in [-0.39, 0.29) is 5.56 Å². The van der Waals surface area contributed by atoms with Gasteiger partial charge in [-0.25, -0.2) is 4.39 Å². The van der Waals surface area contributed by atoms with Gasteiger partial charge in [0.15, 0.2) is 0 Å². The molecular formula is C8H6ClF3. The Labute approximate surface area is 73.0 Å². The van der Waals surface area contributed by atoms with Gasteiger partial charge < -0.3 is 0 Å². The summed E-state index contributed by atoms with van der Waals surface area (Å²) in [6.45, 7) is 0. The van der Waals surface area contributed by atoms with Crippen molar-refractivity contribution < 1.29 is 13.2 Å². The molecule has 4 heteroatoms. The first-order valence-electron chi connectivity index (χ1n) is 3.27. The fourth-order valence-electron chi connectivity index (χ4n) is 0.811. The van der Waals surface area contributed by atoms with Crippen LogP contribution in [0.3, 0.4) is 0 Å². The summed E-state index contributed by atoms with van der Waals surface area (Å²) in [5.74, 6) is 0. The third-order valence-corrected chi connectivity index (χ3v) is 1.57. The summed E-state index contributed by atoms with van der Waals surface area (Å²) in [5, 5.41) is -3.83. The second kappa shape index (κ2) is 3.35. The van der Waals surface area contributed by atoms with Crippen molar-refractivity contribution in [3.05, 3.63) is 35.9 Å². The van der Waals surface area contributed by atoms with Gasteiger partial charge in [0.1, 0.15) is 0 Å². The van der Waals surface area contributed by atoms with Crippen LogP contribution in [-0.4, -0.2) is 5.38 Å². The Hall–Kier alpha value is -0.700. The maximum Gasteiger partial charge on any atom is 0.356 e. The maximum absolute atomic E-state index is 12.8. The first kappa shape index (κ1) is 9.39. The van der Waals surface area contributed by atoms with Crippen molar-refractivity contribution in [2.45, 2.75) is 11.6 Å². The minimum absolute atomic E-state index is 0.113. The molecule has 1 rings (SSSR count). The van der Waals surface area contributed by atoms with Crippen molar-refractivity contribution in [1.29, 1.82) is 0 Å². The normalized spacial score (nSPS) is 14.3. The van der Waals surface area contributed by atoms with Crippen molar-refractivity contribution in [3.8, 4) is 0 Å². The molecule has 0 fully saturated rings. The molecule has 1 aromatic rings. The zero-order valence-corrected chi connectivity index (χ0v) is 6.73. The smallest absolute Gasteiger partial charge is 0.234 e. The van der Waals surface area contributed by atoms with Crippen molar-refractivity contribution in [1.82, 2.24) is 0 Å². The van der Waals surface area contributed by atoms with Gasteiger partial charge in [-0.2, -0.15) is 8.78 Å². The van der Waals surface area contributed by atoms with E-state index >= 15 is 0 Å². The molecule has 0 aromatic heterocycles. The van der Waals surface area contributed by atoms with Gasteiger partial charge in [-0.3, -0.25) is 0 Å². The monoisotopic (exact) mass is 194 g/mol. The molecule has 0 N–H and O–H groups in total. The lowest BCUT2D eigenvalue weighted by molar-refractivity contribution is 0.00565. The Morgan fingerprint density at radius 3 is 2.08 bits per heavy atom. The van der Waals surface area contributed by atoms with Crippen LogP contribution in [0.5, 0.6) is 0 Å². The van der Waals surface area contributed by atoms with E-state index in [9.17, 15) is 13.2 Å². The Kier molecular flexibility index (Phi) is 2.62. The molecule has 66 valence electrons. The summed E-state index contributed by atoms with van der Waals surface area (Å²) in [4.78, 5) is 0. The van der Waals surface area contributed by atoms with E-state index < -0.39 is 11.6 Å². The van der Waals surface area contributed by atoms with E-state index in [0.717, 1.165) is 0 Å². The molecule has 0 heterocycles. The highest BCUT2D eigenvalue weighted by Gasteiger charge is 2.38. The van der Waals surface area contributed by atoms with Crippen LogP contribution in [0.1, 0.15) is 11.7 Å². The summed E-state index contributed by atoms with van der Waals surface area (Å²) in [6.07, 6.45) is -2.44. The third kappa shape index (κ3) is 2.14. The molecule has 1 atom stereocenters. The molecule has 0 nitrogen and oxygen atoms in total. The molecule has 0 radical (unpaired) electrons. The first-order chi connectivity index (χ1) is 5.52. The Morgan fingerprint density at radius 1 is 1.17 bits per heavy atom. The highest BCUT2D eigenvalue weighted by molar-refractivity contribution is 6.22. The van der Waals surface area contributed by atoms with Gasteiger partial charge in [0.25, 0.3) is 0 Å². The third-order valence-electron chi connectivity index (χ3n) is 1.38. The predicted molar refractivity (Wildman–Crippen MR) is 41.1 cm³/mol. The van der Waals surface area contributed by atoms with E-state index in [1.54, 1.807) is 6.07 Å². The molecule has 1 unspecified atom stereocenters. The predicted octanol–water partition coefficient (Wildman–Crippen LogP) is 3.53. The molecule has 0 saturated carbocycles. The Balaban J connectivity index is 2.86. The molecule has 0 bridgehead atoms. The lowest BCUT2D eigenvalue weighted by Gasteiger charge is -2.13. The summed E-state index contributed by atoms with van der Waals surface area (Å²) in [6, 6.07) is 7.10. The van der Waals surface area contributed by atoms with Crippen LogP contribution in [0.15, 0.2) is 30.3 Å². The number of hydrogen-bond donors (Lipinski definition) is 0. The average Bonchev–Trinajstić information content (AvgIpc) is 2.03. The lowest BCUT2D eigenvalue weighted by atomic mass is 10.1. The summed E-state index contributed by atoms with van der Waals surface area (Å²) < 4.78 is 37.1. The molecule has 0 saturated heterocycles. The standard InChI is InChI=1S/C8H6ClF3/c9-8(11,12)7(10)6-4-2-1-3-5-6/h1-5,7H. The molecule has 0 aliphatic carbocycles. The number of benzene rings is 1. The van der Waals surface area contributed by atoms with Gasteiger partial charge in [-0.05, 0) is 17.2 Å². The van der Waals surface area contributed by atoms with Crippen LogP contribution in [0.2, 0.25) is 0 Å². The van der Waals surface area contributed by atoms with E-state index in [4.69, 9.17) is 0 Å². The van der Waals surface area contributed by atoms with Gasteiger partial charge in [-0.15, -0.1) is 0 Å². The zero-order chi connectivity index (χ0) is 9.19. The summed E-state index contributed by atoms with van der Waals surface area (Å²) in [5.41, 5.74) is -0.113. The minimum Gasteiger partial charge on any atom is -0.234 e. The lowest BCUT2D eigenvalue weighted by Crippen LogP contribution is -2.14. The molecule has 0 amide bonds. The number of hydrogen-bond acceptors (Lipinski definition) is 0. The Morgan fingerprint density at radius 2 is 1.67 bits per heavy atom. The zero-order valence-electron chi connectivity index (χ0n) is 5.98. The van der Waals surface area contributed by atoms with E-state index in [2.05, 4.69) is 11.6 Å². The van der Waals surface area contributed by atoms with Crippen LogP contribution in [0.25, 0.3) is 0 Å². The van der Waals surface area contributed by atoms with Gasteiger partial charge in [-0.1, -0.05) is 30.3 Å². The fraction of sp³-hybridized carbons (Fsp3) is 0.250. The van der Waals surface area contributed by atoms with Crippen LogP contribution in [0.4, 0.5) is 13.2 Å². The van der Waals surface area contributed by atoms with Crippen LogP contribution >= 0.6 is 11.6 Å².